The van der Waals surface area contributed by atoms with Gasteiger partial charge >= 0.3 is 0 Å². The highest BCUT2D eigenvalue weighted by Gasteiger charge is 2.33. The lowest BCUT2D eigenvalue weighted by atomic mass is 9.75. The van der Waals surface area contributed by atoms with Gasteiger partial charge < -0.3 is 9.84 Å². The molecule has 0 aromatic heterocycles. The van der Waals surface area contributed by atoms with Crippen molar-refractivity contribution in [3.63, 3.8) is 0 Å². The summed E-state index contributed by atoms with van der Waals surface area (Å²) in [7, 11) is 0. The summed E-state index contributed by atoms with van der Waals surface area (Å²) >= 11 is 1.05. The summed E-state index contributed by atoms with van der Waals surface area (Å²) in [5, 5.41) is 11.5. The summed E-state index contributed by atoms with van der Waals surface area (Å²) < 4.78 is 5.91. The molecule has 130 valence electrons. The summed E-state index contributed by atoms with van der Waals surface area (Å²) in [4.78, 5) is 22.8. The number of nitrogens with one attached hydrogen (secondary N) is 1. The third kappa shape index (κ3) is 4.30. The molecule has 2 aliphatic rings. The van der Waals surface area contributed by atoms with Crippen molar-refractivity contribution in [2.24, 2.45) is 5.41 Å². The molecule has 6 heteroatoms. The molecule has 1 aromatic rings. The van der Waals surface area contributed by atoms with E-state index in [4.69, 9.17) is 4.74 Å². The Kier molecular flexibility index (Phi) is 5.15. The highest BCUT2D eigenvalue weighted by Crippen LogP contribution is 2.36. The van der Waals surface area contributed by atoms with Crippen LogP contribution in [0.3, 0.4) is 0 Å². The number of carbonyl (C=O) groups is 2. The summed E-state index contributed by atoms with van der Waals surface area (Å²) in [6, 6.07) is 7.67. The largest absolute Gasteiger partial charge is 0.493 e. The van der Waals surface area contributed by atoms with E-state index in [-0.39, 0.29) is 27.9 Å². The first kappa shape index (κ1) is 17.3. The average Bonchev–Trinajstić information content (AvgIpc) is 2.84. The molecule has 0 spiro atoms. The van der Waals surface area contributed by atoms with Crippen molar-refractivity contribution in [3.05, 3.63) is 29.8 Å². The molecule has 0 radical (unpaired) electrons. The zero-order valence-corrected chi connectivity index (χ0v) is 14.6. The van der Waals surface area contributed by atoms with Crippen LogP contribution in [0.5, 0.6) is 5.75 Å². The van der Waals surface area contributed by atoms with Crippen molar-refractivity contribution in [2.75, 3.05) is 6.61 Å². The van der Waals surface area contributed by atoms with Gasteiger partial charge in [0.05, 0.1) is 18.0 Å². The van der Waals surface area contributed by atoms with E-state index in [1.807, 2.05) is 24.3 Å². The Balaban J connectivity index is 1.53. The topological polar surface area (TPSA) is 75.6 Å². The zero-order valence-electron chi connectivity index (χ0n) is 13.8. The van der Waals surface area contributed by atoms with Gasteiger partial charge in [-0.05, 0) is 43.4 Å². The van der Waals surface area contributed by atoms with Gasteiger partial charge in [-0.2, -0.15) is 0 Å². The minimum absolute atomic E-state index is 0.0231. The van der Waals surface area contributed by atoms with E-state index in [0.717, 1.165) is 48.8 Å². The van der Waals surface area contributed by atoms with E-state index in [0.29, 0.717) is 13.0 Å². The van der Waals surface area contributed by atoms with Crippen LogP contribution in [0.4, 0.5) is 4.79 Å². The first-order valence-electron chi connectivity index (χ1n) is 8.35. The van der Waals surface area contributed by atoms with Crippen LogP contribution >= 0.6 is 11.8 Å². The number of hydrogen-bond donors (Lipinski definition) is 2. The van der Waals surface area contributed by atoms with Crippen molar-refractivity contribution in [2.45, 2.75) is 50.4 Å². The van der Waals surface area contributed by atoms with Crippen LogP contribution < -0.4 is 10.1 Å². The minimum atomic E-state index is -0.341. The van der Waals surface area contributed by atoms with Gasteiger partial charge in [0, 0.05) is 5.41 Å². The first-order chi connectivity index (χ1) is 11.4. The van der Waals surface area contributed by atoms with Crippen molar-refractivity contribution in [1.29, 1.82) is 0 Å². The number of imide groups is 1. The van der Waals surface area contributed by atoms with Gasteiger partial charge in [0.25, 0.3) is 5.24 Å². The maximum Gasteiger partial charge on any atom is 0.286 e. The molecule has 3 unspecified atom stereocenters. The number of benzene rings is 1. The number of ether oxygens (including phenoxy) is 1. The second kappa shape index (κ2) is 7.15. The lowest BCUT2D eigenvalue weighted by Gasteiger charge is -2.35. The molecule has 1 saturated heterocycles. The van der Waals surface area contributed by atoms with E-state index in [1.54, 1.807) is 0 Å². The molecule has 3 atom stereocenters. The van der Waals surface area contributed by atoms with Crippen LogP contribution in [-0.2, 0) is 11.2 Å². The molecule has 24 heavy (non-hydrogen) atoms. The molecule has 1 heterocycles. The van der Waals surface area contributed by atoms with Gasteiger partial charge in [-0.15, -0.1) is 0 Å². The third-order valence-electron chi connectivity index (χ3n) is 4.74. The number of rotatable bonds is 5. The van der Waals surface area contributed by atoms with E-state index in [1.165, 1.54) is 0 Å². The quantitative estimate of drug-likeness (QED) is 0.855. The first-order valence-corrected chi connectivity index (χ1v) is 9.23. The summed E-state index contributed by atoms with van der Waals surface area (Å²) in [5.74, 6) is 0.578. The Morgan fingerprint density at radius 3 is 2.71 bits per heavy atom. The van der Waals surface area contributed by atoms with Crippen LogP contribution in [0.2, 0.25) is 0 Å². The van der Waals surface area contributed by atoms with Gasteiger partial charge in [0.1, 0.15) is 5.75 Å². The van der Waals surface area contributed by atoms with Gasteiger partial charge in [-0.25, -0.2) is 0 Å². The lowest BCUT2D eigenvalue weighted by Crippen LogP contribution is -2.33. The van der Waals surface area contributed by atoms with Crippen LogP contribution in [0, 0.1) is 5.41 Å². The van der Waals surface area contributed by atoms with Crippen molar-refractivity contribution >= 4 is 22.9 Å². The number of amides is 2. The molecule has 1 saturated carbocycles. The summed E-state index contributed by atoms with van der Waals surface area (Å²) in [5.41, 5.74) is 1.03. The Hall–Kier alpha value is -1.53. The molecule has 1 aliphatic heterocycles. The number of aliphatic hydroxyl groups is 1. The fraction of sp³-hybridized carbons (Fsp3) is 0.556. The second-order valence-electron chi connectivity index (χ2n) is 7.08. The standard InChI is InChI=1S/C18H23NO4S/c1-18(8-2-3-13(20)10-18)11-23-14-6-4-12(5-7-14)9-15-16(21)19-17(22)24-15/h4-7,13,15,20H,2-3,8-11H2,1H3,(H,19,21,22). The van der Waals surface area contributed by atoms with E-state index < -0.39 is 0 Å². The van der Waals surface area contributed by atoms with Crippen molar-refractivity contribution < 1.29 is 19.4 Å². The molecule has 2 fully saturated rings. The number of hydrogen-bond acceptors (Lipinski definition) is 5. The predicted molar refractivity (Wildman–Crippen MR) is 93.1 cm³/mol. The third-order valence-corrected chi connectivity index (χ3v) is 5.73. The smallest absolute Gasteiger partial charge is 0.286 e. The second-order valence-corrected chi connectivity index (χ2v) is 8.26. The molecule has 2 N–H and O–H groups in total. The molecule has 3 rings (SSSR count). The summed E-state index contributed by atoms with van der Waals surface area (Å²) in [6.07, 6.45) is 4.11. The van der Waals surface area contributed by atoms with Crippen LogP contribution in [0.15, 0.2) is 24.3 Å². The number of thioether (sulfide) groups is 1. The normalized spacial score (nSPS) is 30.2. The van der Waals surface area contributed by atoms with Crippen molar-refractivity contribution in [1.82, 2.24) is 5.32 Å². The van der Waals surface area contributed by atoms with E-state index in [2.05, 4.69) is 12.2 Å². The fourth-order valence-electron chi connectivity index (χ4n) is 3.39. The Morgan fingerprint density at radius 1 is 1.33 bits per heavy atom. The molecule has 1 aromatic carbocycles. The molecular weight excluding hydrogens is 326 g/mol. The Bertz CT molecular complexity index is 618. The lowest BCUT2D eigenvalue weighted by molar-refractivity contribution is -0.118. The van der Waals surface area contributed by atoms with Crippen LogP contribution in [0.25, 0.3) is 0 Å². The highest BCUT2D eigenvalue weighted by atomic mass is 32.2. The van der Waals surface area contributed by atoms with E-state index in [9.17, 15) is 14.7 Å². The van der Waals surface area contributed by atoms with Gasteiger partial charge in [-0.1, -0.05) is 37.2 Å². The molecule has 2 amide bonds. The minimum Gasteiger partial charge on any atom is -0.493 e. The number of carbonyl (C=O) groups excluding carboxylic acids is 2. The zero-order chi connectivity index (χ0) is 17.2. The van der Waals surface area contributed by atoms with E-state index >= 15 is 0 Å². The Morgan fingerprint density at radius 2 is 2.08 bits per heavy atom. The average molecular weight is 349 g/mol. The van der Waals surface area contributed by atoms with Gasteiger partial charge in [0.15, 0.2) is 0 Å². The summed E-state index contributed by atoms with van der Waals surface area (Å²) in [6.45, 7) is 2.76. The SMILES string of the molecule is CC1(COc2ccc(CC3SC(=O)NC3=O)cc2)CCCC(O)C1. The fourth-order valence-corrected chi connectivity index (χ4v) is 4.25. The van der Waals surface area contributed by atoms with Gasteiger partial charge in [0.2, 0.25) is 5.91 Å². The molecular formula is C18H23NO4S. The van der Waals surface area contributed by atoms with Crippen LogP contribution in [-0.4, -0.2) is 34.2 Å². The maximum atomic E-state index is 11.6. The molecule has 5 nitrogen and oxygen atoms in total. The number of aliphatic hydroxyl groups excluding tert-OH is 1. The van der Waals surface area contributed by atoms with Crippen LogP contribution in [0.1, 0.15) is 38.2 Å². The monoisotopic (exact) mass is 349 g/mol. The van der Waals surface area contributed by atoms with Crippen molar-refractivity contribution in [3.8, 4) is 5.75 Å². The predicted octanol–water partition coefficient (Wildman–Crippen LogP) is 2.90. The molecule has 1 aliphatic carbocycles. The maximum absolute atomic E-state index is 11.6. The van der Waals surface area contributed by atoms with Gasteiger partial charge in [-0.3, -0.25) is 14.9 Å². The highest BCUT2D eigenvalue weighted by molar-refractivity contribution is 8.15. The Labute approximate surface area is 146 Å². The molecule has 0 bridgehead atoms.